The van der Waals surface area contributed by atoms with Crippen LogP contribution in [0.1, 0.15) is 23.7 Å². The maximum Gasteiger partial charge on any atom is 0.312 e. The minimum atomic E-state index is -0.427. The van der Waals surface area contributed by atoms with Crippen molar-refractivity contribution in [2.75, 3.05) is 7.11 Å². The monoisotopic (exact) mass is 388 g/mol. The Kier molecular flexibility index (Phi) is 3.98. The first-order valence-corrected chi connectivity index (χ1v) is 9.14. The predicted molar refractivity (Wildman–Crippen MR) is 105 cm³/mol. The zero-order valence-electron chi connectivity index (χ0n) is 15.5. The van der Waals surface area contributed by atoms with Gasteiger partial charge in [-0.3, -0.25) is 9.59 Å². The molecule has 2 aromatic heterocycles. The fraction of sp³-hybridized carbons (Fsp3) is 0.130. The molecule has 1 atom stereocenters. The van der Waals surface area contributed by atoms with Gasteiger partial charge in [-0.15, -0.1) is 0 Å². The van der Waals surface area contributed by atoms with Crippen LogP contribution < -0.4 is 14.9 Å². The van der Waals surface area contributed by atoms with E-state index in [1.165, 1.54) is 13.2 Å². The van der Waals surface area contributed by atoms with E-state index in [1.54, 1.807) is 24.5 Å². The Hall–Kier alpha value is -3.80. The molecule has 6 heteroatoms. The summed E-state index contributed by atoms with van der Waals surface area (Å²) in [7, 11) is 1.46. The molecule has 0 unspecified atom stereocenters. The third kappa shape index (κ3) is 2.81. The molecule has 144 valence electrons. The summed E-state index contributed by atoms with van der Waals surface area (Å²) in [4.78, 5) is 25.3. The Balaban J connectivity index is 1.87. The number of rotatable bonds is 3. The quantitative estimate of drug-likeness (QED) is 0.380. The first-order chi connectivity index (χ1) is 14.2. The normalized spacial score (nSPS) is 15.8. The average molecular weight is 388 g/mol. The molecule has 1 aliphatic rings. The average Bonchev–Trinajstić information content (AvgIpc) is 3.27. The van der Waals surface area contributed by atoms with Crippen LogP contribution in [0.15, 0.2) is 74.5 Å². The molecule has 1 aliphatic heterocycles. The number of furan rings is 1. The first-order valence-electron chi connectivity index (χ1n) is 9.14. The van der Waals surface area contributed by atoms with Gasteiger partial charge in [-0.2, -0.15) is 0 Å². The Labute approximate surface area is 165 Å². The van der Waals surface area contributed by atoms with E-state index in [1.807, 2.05) is 30.3 Å². The van der Waals surface area contributed by atoms with Gasteiger partial charge in [0, 0.05) is 23.3 Å². The Morgan fingerprint density at radius 2 is 1.86 bits per heavy atom. The Morgan fingerprint density at radius 3 is 2.59 bits per heavy atom. The highest BCUT2D eigenvalue weighted by Gasteiger charge is 2.35. The third-order valence-corrected chi connectivity index (χ3v) is 5.07. The summed E-state index contributed by atoms with van der Waals surface area (Å²) in [5, 5.41) is 0.306. The number of carbonyl (C=O) groups is 1. The minimum absolute atomic E-state index is 0.0845. The van der Waals surface area contributed by atoms with Gasteiger partial charge >= 0.3 is 5.97 Å². The summed E-state index contributed by atoms with van der Waals surface area (Å²) < 4.78 is 22.7. The van der Waals surface area contributed by atoms with E-state index in [9.17, 15) is 9.59 Å². The molecule has 6 nitrogen and oxygen atoms in total. The van der Waals surface area contributed by atoms with E-state index in [0.29, 0.717) is 39.6 Å². The molecular weight excluding hydrogens is 372 g/mol. The zero-order valence-corrected chi connectivity index (χ0v) is 15.5. The van der Waals surface area contributed by atoms with Gasteiger partial charge in [0.25, 0.3) is 0 Å². The summed E-state index contributed by atoms with van der Waals surface area (Å²) in [5.74, 6) is 0.807. The minimum Gasteiger partial charge on any atom is -0.496 e. The van der Waals surface area contributed by atoms with E-state index in [4.69, 9.17) is 18.3 Å². The lowest BCUT2D eigenvalue weighted by Crippen LogP contribution is -2.22. The Morgan fingerprint density at radius 1 is 1.03 bits per heavy atom. The highest BCUT2D eigenvalue weighted by atomic mass is 16.5. The molecule has 0 saturated heterocycles. The summed E-state index contributed by atoms with van der Waals surface area (Å²) in [6, 6.07) is 15.9. The van der Waals surface area contributed by atoms with Gasteiger partial charge in [0.05, 0.1) is 25.7 Å². The van der Waals surface area contributed by atoms with Crippen molar-refractivity contribution in [2.45, 2.75) is 12.3 Å². The largest absolute Gasteiger partial charge is 0.496 e. The maximum absolute atomic E-state index is 13.0. The second-order valence-electron chi connectivity index (χ2n) is 6.78. The molecule has 0 saturated carbocycles. The second kappa shape index (κ2) is 6.67. The molecule has 0 bridgehead atoms. The summed E-state index contributed by atoms with van der Waals surface area (Å²) in [5.41, 5.74) is 1.47. The molecular formula is C23H16O6. The van der Waals surface area contributed by atoms with E-state index in [-0.39, 0.29) is 17.8 Å². The van der Waals surface area contributed by atoms with Crippen LogP contribution in [0.25, 0.3) is 22.3 Å². The fourth-order valence-corrected chi connectivity index (χ4v) is 3.78. The van der Waals surface area contributed by atoms with Crippen molar-refractivity contribution < 1.29 is 23.1 Å². The van der Waals surface area contributed by atoms with Crippen LogP contribution in [0.3, 0.4) is 0 Å². The highest BCUT2D eigenvalue weighted by Crippen LogP contribution is 2.46. The maximum atomic E-state index is 13.0. The van der Waals surface area contributed by atoms with Crippen LogP contribution >= 0.6 is 0 Å². The summed E-state index contributed by atoms with van der Waals surface area (Å²) >= 11 is 0. The number of hydrogen-bond acceptors (Lipinski definition) is 6. The van der Waals surface area contributed by atoms with Crippen molar-refractivity contribution in [3.63, 3.8) is 0 Å². The lowest BCUT2D eigenvalue weighted by Gasteiger charge is -2.24. The van der Waals surface area contributed by atoms with Crippen molar-refractivity contribution >= 4 is 16.9 Å². The Bertz CT molecular complexity index is 1270. The summed E-state index contributed by atoms with van der Waals surface area (Å²) in [6.45, 7) is 0. The van der Waals surface area contributed by atoms with E-state index in [2.05, 4.69) is 0 Å². The lowest BCUT2D eigenvalue weighted by atomic mass is 9.88. The van der Waals surface area contributed by atoms with Gasteiger partial charge in [-0.25, -0.2) is 0 Å². The first kappa shape index (κ1) is 17.3. The summed E-state index contributed by atoms with van der Waals surface area (Å²) in [6.07, 6.45) is 1.63. The smallest absolute Gasteiger partial charge is 0.312 e. The number of methoxy groups -OCH3 is 1. The molecule has 0 amide bonds. The van der Waals surface area contributed by atoms with Crippen LogP contribution in [-0.2, 0) is 4.79 Å². The highest BCUT2D eigenvalue weighted by molar-refractivity contribution is 5.93. The molecule has 0 fully saturated rings. The van der Waals surface area contributed by atoms with Gasteiger partial charge in [0.2, 0.25) is 0 Å². The molecule has 5 rings (SSSR count). The van der Waals surface area contributed by atoms with Crippen LogP contribution in [-0.4, -0.2) is 13.1 Å². The standard InChI is InChI=1S/C23H16O6/c1-26-18-12-19-21(14(10-20(25)28-19)16-8-5-9-27-16)23-22(18)15(24)11-17(29-23)13-6-3-2-4-7-13/h2-9,11-12,14H,10H2,1H3/t14-/m0/s1. The lowest BCUT2D eigenvalue weighted by molar-refractivity contribution is -0.135. The molecule has 0 spiro atoms. The van der Waals surface area contributed by atoms with Gasteiger partial charge in [0.1, 0.15) is 34.0 Å². The predicted octanol–water partition coefficient (Wildman–Crippen LogP) is 4.50. The molecule has 0 radical (unpaired) electrons. The van der Waals surface area contributed by atoms with Crippen molar-refractivity contribution in [2.24, 2.45) is 0 Å². The molecule has 3 heterocycles. The number of fused-ring (bicyclic) bond motifs is 3. The molecule has 0 aliphatic carbocycles. The van der Waals surface area contributed by atoms with Crippen LogP contribution in [0.4, 0.5) is 0 Å². The van der Waals surface area contributed by atoms with Crippen molar-refractivity contribution in [3.05, 3.63) is 82.4 Å². The van der Waals surface area contributed by atoms with Gasteiger partial charge < -0.3 is 18.3 Å². The van der Waals surface area contributed by atoms with Gasteiger partial charge in [-0.05, 0) is 12.1 Å². The van der Waals surface area contributed by atoms with Crippen molar-refractivity contribution in [1.29, 1.82) is 0 Å². The van der Waals surface area contributed by atoms with Crippen LogP contribution in [0.2, 0.25) is 0 Å². The number of hydrogen-bond donors (Lipinski definition) is 0. The zero-order chi connectivity index (χ0) is 20.0. The molecule has 0 N–H and O–H groups in total. The van der Waals surface area contributed by atoms with Crippen molar-refractivity contribution in [3.8, 4) is 22.8 Å². The number of ether oxygens (including phenoxy) is 2. The van der Waals surface area contributed by atoms with Gasteiger partial charge in [0.15, 0.2) is 5.43 Å². The van der Waals surface area contributed by atoms with E-state index < -0.39 is 5.92 Å². The second-order valence-corrected chi connectivity index (χ2v) is 6.78. The fourth-order valence-electron chi connectivity index (χ4n) is 3.78. The molecule has 4 aromatic rings. The van der Waals surface area contributed by atoms with Crippen LogP contribution in [0.5, 0.6) is 11.5 Å². The van der Waals surface area contributed by atoms with Gasteiger partial charge in [-0.1, -0.05) is 30.3 Å². The van der Waals surface area contributed by atoms with Crippen molar-refractivity contribution in [1.82, 2.24) is 0 Å². The third-order valence-electron chi connectivity index (χ3n) is 5.07. The number of esters is 1. The van der Waals surface area contributed by atoms with E-state index in [0.717, 1.165) is 5.56 Å². The van der Waals surface area contributed by atoms with Crippen LogP contribution in [0, 0.1) is 0 Å². The SMILES string of the molecule is COc1cc2c(c3oc(-c4ccccc4)cc(=O)c13)[C@H](c1ccco1)CC(=O)O2. The number of benzene rings is 2. The topological polar surface area (TPSA) is 78.9 Å². The molecule has 29 heavy (non-hydrogen) atoms. The number of carbonyl (C=O) groups excluding carboxylic acids is 1. The molecule has 2 aromatic carbocycles. The van der Waals surface area contributed by atoms with E-state index >= 15 is 0 Å².